The number of aromatic nitrogens is 2. The fourth-order valence-electron chi connectivity index (χ4n) is 5.79. The molecule has 2 aliphatic heterocycles. The summed E-state index contributed by atoms with van der Waals surface area (Å²) in [6.07, 6.45) is 0.0437. The van der Waals surface area contributed by atoms with Crippen LogP contribution in [0.3, 0.4) is 0 Å². The summed E-state index contributed by atoms with van der Waals surface area (Å²) >= 11 is 0. The lowest BCUT2D eigenvalue weighted by Crippen LogP contribution is -2.65. The van der Waals surface area contributed by atoms with Gasteiger partial charge in [0.25, 0.3) is 0 Å². The topological polar surface area (TPSA) is 101 Å². The van der Waals surface area contributed by atoms with E-state index in [1.54, 1.807) is 26.1 Å². The molecule has 0 aliphatic carbocycles. The molecule has 1 aromatic heterocycles. The molecule has 42 heavy (non-hydrogen) atoms. The van der Waals surface area contributed by atoms with Gasteiger partial charge in [-0.1, -0.05) is 94.8 Å². The molecule has 3 rings (SSSR count). The van der Waals surface area contributed by atoms with Crippen LogP contribution in [0.4, 0.5) is 5.82 Å². The Labute approximate surface area is 256 Å². The van der Waals surface area contributed by atoms with Gasteiger partial charge in [0, 0.05) is 12.1 Å². The van der Waals surface area contributed by atoms with E-state index in [9.17, 15) is 9.59 Å². The van der Waals surface area contributed by atoms with Gasteiger partial charge in [0.05, 0.1) is 18.6 Å². The van der Waals surface area contributed by atoms with Crippen LogP contribution < -0.4 is 11.0 Å². The van der Waals surface area contributed by atoms with Gasteiger partial charge in [-0.15, -0.1) is 5.54 Å². The highest BCUT2D eigenvalue weighted by Crippen LogP contribution is 2.49. The summed E-state index contributed by atoms with van der Waals surface area (Å²) in [5, 5.41) is 2.71. The highest BCUT2D eigenvalue weighted by atomic mass is 28.5. The van der Waals surface area contributed by atoms with Crippen molar-refractivity contribution in [2.75, 3.05) is 11.9 Å². The maximum absolute atomic E-state index is 13.4. The average Bonchev–Trinajstić information content (AvgIpc) is 3.17. The molecule has 1 N–H and O–H groups in total. The molecule has 0 aromatic carbocycles. The summed E-state index contributed by atoms with van der Waals surface area (Å²) in [5.41, 5.74) is 3.73. The van der Waals surface area contributed by atoms with Crippen LogP contribution in [-0.2, 0) is 22.5 Å². The first-order valence-corrected chi connectivity index (χ1v) is 22.9. The van der Waals surface area contributed by atoms with Crippen molar-refractivity contribution in [3.05, 3.63) is 22.7 Å². The van der Waals surface area contributed by atoms with Crippen LogP contribution in [0.25, 0.3) is 0 Å². The number of nitrogens with zero attached hydrogens (tertiary/aromatic N) is 2. The van der Waals surface area contributed by atoms with Crippen molar-refractivity contribution in [2.24, 2.45) is 11.8 Å². The van der Waals surface area contributed by atoms with E-state index in [2.05, 4.69) is 96.8 Å². The lowest BCUT2D eigenvalue weighted by molar-refractivity contribution is -0.118. The number of hydrogen-bond acceptors (Lipinski definition) is 7. The molecule has 12 heteroatoms. The highest BCUT2D eigenvalue weighted by Gasteiger charge is 2.61. The van der Waals surface area contributed by atoms with Crippen molar-refractivity contribution in [2.45, 2.75) is 129 Å². The van der Waals surface area contributed by atoms with Gasteiger partial charge in [0.2, 0.25) is 5.91 Å². The van der Waals surface area contributed by atoms with E-state index in [1.807, 2.05) is 0 Å². The zero-order valence-electron chi connectivity index (χ0n) is 27.9. The normalized spacial score (nSPS) is 25.8. The number of fused-ring (bicyclic) bond motifs is 1. The van der Waals surface area contributed by atoms with Gasteiger partial charge in [0.15, 0.2) is 6.23 Å². The molecule has 2 aliphatic rings. The Morgan fingerprint density at radius 2 is 1.57 bits per heavy atom. The second-order valence-corrected chi connectivity index (χ2v) is 27.9. The number of amides is 1. The average molecular weight is 636 g/mol. The lowest BCUT2D eigenvalue weighted by atomic mass is 10.0. The summed E-state index contributed by atoms with van der Waals surface area (Å²) in [4.78, 5) is 29.8. The molecule has 0 saturated carbocycles. The fourth-order valence-corrected chi connectivity index (χ4v) is 17.6. The monoisotopic (exact) mass is 635 g/mol. The predicted molar refractivity (Wildman–Crippen MR) is 174 cm³/mol. The third-order valence-corrected chi connectivity index (χ3v) is 19.3. The zero-order chi connectivity index (χ0) is 31.8. The van der Waals surface area contributed by atoms with Gasteiger partial charge in [-0.25, -0.2) is 4.79 Å². The lowest BCUT2D eigenvalue weighted by Gasteiger charge is -2.51. The minimum Gasteiger partial charge on any atom is -0.414 e. The maximum atomic E-state index is 13.4. The first-order chi connectivity index (χ1) is 19.3. The van der Waals surface area contributed by atoms with Crippen molar-refractivity contribution < 1.29 is 22.5 Å². The molecule has 236 valence electrons. The van der Waals surface area contributed by atoms with Crippen LogP contribution in [0.5, 0.6) is 0 Å². The number of anilines is 1. The van der Waals surface area contributed by atoms with Crippen molar-refractivity contribution in [1.29, 1.82) is 0 Å². The molecule has 9 nitrogen and oxygen atoms in total. The number of carbonyl (C=O) groups excluding carboxylic acids is 1. The van der Waals surface area contributed by atoms with E-state index in [0.29, 0.717) is 6.61 Å². The zero-order valence-corrected chi connectivity index (χ0v) is 30.9. The minimum absolute atomic E-state index is 0.155. The first-order valence-electron chi connectivity index (χ1n) is 15.4. The van der Waals surface area contributed by atoms with Crippen LogP contribution in [0, 0.1) is 23.3 Å². The van der Waals surface area contributed by atoms with E-state index < -0.39 is 55.2 Å². The number of ether oxygens (including phenoxy) is 1. The predicted octanol–water partition coefficient (Wildman–Crippen LogP) is 6.19. The Balaban J connectivity index is 2.16. The second kappa shape index (κ2) is 13.2. The smallest absolute Gasteiger partial charge is 0.351 e. The summed E-state index contributed by atoms with van der Waals surface area (Å²) in [6.45, 7) is 28.0. The van der Waals surface area contributed by atoms with E-state index >= 15 is 0 Å². The molecular weight excluding hydrogens is 583 g/mol. The number of hydrogen-bond donors (Lipinski definition) is 1. The van der Waals surface area contributed by atoms with Gasteiger partial charge in [-0.3, -0.25) is 9.36 Å². The summed E-state index contributed by atoms with van der Waals surface area (Å²) < 4.78 is 29.8. The fraction of sp³-hybridized carbons (Fsp3) is 0.767. The Morgan fingerprint density at radius 3 is 2.05 bits per heavy atom. The summed E-state index contributed by atoms with van der Waals surface area (Å²) in [5.74, 6) is 2.86. The summed E-state index contributed by atoms with van der Waals surface area (Å²) in [6, 6.07) is 1.63. The molecular formula is C30H53N3O6Si3. The van der Waals surface area contributed by atoms with Crippen molar-refractivity contribution in [3.63, 3.8) is 0 Å². The molecule has 2 fully saturated rings. The highest BCUT2D eigenvalue weighted by molar-refractivity contribution is 6.84. The number of nitrogens with one attached hydrogen (secondary N) is 1. The first kappa shape index (κ1) is 34.9. The minimum atomic E-state index is -2.92. The molecule has 0 unspecified atom stereocenters. The van der Waals surface area contributed by atoms with Crippen LogP contribution in [0.1, 0.15) is 75.5 Å². The third-order valence-electron chi connectivity index (χ3n) is 8.17. The number of rotatable bonds is 7. The molecule has 0 spiro atoms. The Kier molecular flexibility index (Phi) is 10.9. The Morgan fingerprint density at radius 1 is 1.00 bits per heavy atom. The van der Waals surface area contributed by atoms with Crippen molar-refractivity contribution in [1.82, 2.24) is 9.55 Å². The number of carbonyl (C=O) groups is 1. The third kappa shape index (κ3) is 7.20. The molecule has 2 saturated heterocycles. The molecule has 3 heterocycles. The maximum Gasteiger partial charge on any atom is 0.351 e. The van der Waals surface area contributed by atoms with E-state index in [-0.39, 0.29) is 39.8 Å². The van der Waals surface area contributed by atoms with E-state index in [0.717, 1.165) is 0 Å². The van der Waals surface area contributed by atoms with E-state index in [1.165, 1.54) is 4.57 Å². The van der Waals surface area contributed by atoms with Gasteiger partial charge >= 0.3 is 22.8 Å². The van der Waals surface area contributed by atoms with Crippen molar-refractivity contribution in [3.8, 4) is 11.5 Å². The van der Waals surface area contributed by atoms with Gasteiger partial charge in [0.1, 0.15) is 20.0 Å². The SMILES string of the molecule is CC(C)C(=O)Nc1ccn([C@@H]2O[C@@H]3CO[Si](C(C)C)(C(C)C)O[Si](C(C)C)(C(C)C)O[C@H]3[C@@H]2C#C[Si](C)(C)C)c(=O)n1. The summed E-state index contributed by atoms with van der Waals surface area (Å²) in [7, 11) is -7.45. The molecule has 0 bridgehead atoms. The molecule has 4 atom stereocenters. The molecule has 1 amide bonds. The quantitative estimate of drug-likeness (QED) is 0.282. The van der Waals surface area contributed by atoms with Crippen LogP contribution in [0.2, 0.25) is 41.8 Å². The van der Waals surface area contributed by atoms with Gasteiger partial charge in [-0.05, 0) is 28.2 Å². The van der Waals surface area contributed by atoms with Crippen LogP contribution in [0.15, 0.2) is 17.1 Å². The second-order valence-electron chi connectivity index (χ2n) is 14.3. The molecule has 1 aromatic rings. The Hall–Kier alpha value is -1.60. The largest absolute Gasteiger partial charge is 0.414 e. The molecule has 0 radical (unpaired) electrons. The van der Waals surface area contributed by atoms with Crippen molar-refractivity contribution >= 4 is 36.9 Å². The standard InChI is InChI=1S/C30H53N3O6Si3/c1-19(2)28(34)31-26-14-16-33(30(35)32-26)29-24(15-17-40(11,12)13)27-25(37-29)18-36-41(20(3)4,21(5)6)39-42(38-27,22(7)8)23(9)10/h14,16,19-25,27,29H,18H2,1-13H3,(H,31,32,34,35)/t24-,25+,27-,29+/m0/s1. The Bertz CT molecular complexity index is 1220. The van der Waals surface area contributed by atoms with E-state index in [4.69, 9.17) is 17.7 Å². The van der Waals surface area contributed by atoms with Crippen LogP contribution >= 0.6 is 0 Å². The van der Waals surface area contributed by atoms with Gasteiger partial charge < -0.3 is 23.0 Å². The van der Waals surface area contributed by atoms with Crippen LogP contribution in [-0.4, -0.2) is 59.5 Å². The van der Waals surface area contributed by atoms with Gasteiger partial charge in [-0.2, -0.15) is 4.98 Å².